The lowest BCUT2D eigenvalue weighted by atomic mass is 10.0. The average molecular weight is 188 g/mol. The predicted molar refractivity (Wildman–Crippen MR) is 52.2 cm³/mol. The molecule has 0 saturated heterocycles. The zero-order chi connectivity index (χ0) is 10.4. The minimum Gasteiger partial charge on any atom is -0.394 e. The number of likely N-dealkylation sites (N-methyl/N-ethyl adjacent to an activating group) is 1. The van der Waals surface area contributed by atoms with Crippen LogP contribution in [0.4, 0.5) is 0 Å². The second-order valence-electron chi connectivity index (χ2n) is 3.32. The van der Waals surface area contributed by atoms with E-state index in [0.29, 0.717) is 6.54 Å². The van der Waals surface area contributed by atoms with Crippen LogP contribution in [0.25, 0.3) is 0 Å². The molecule has 0 aliphatic carbocycles. The van der Waals surface area contributed by atoms with Gasteiger partial charge in [0.15, 0.2) is 0 Å². The van der Waals surface area contributed by atoms with E-state index < -0.39 is 0 Å². The first-order valence-electron chi connectivity index (χ1n) is 4.66. The summed E-state index contributed by atoms with van der Waals surface area (Å²) >= 11 is 0. The van der Waals surface area contributed by atoms with E-state index in [9.17, 15) is 4.79 Å². The standard InChI is InChI=1S/C9H20N2O2/c1-4-8(5-10)9(13)11(3)7(2)6-12/h7-8,12H,4-6,10H2,1-3H3. The molecule has 0 spiro atoms. The summed E-state index contributed by atoms with van der Waals surface area (Å²) in [7, 11) is 1.70. The van der Waals surface area contributed by atoms with Gasteiger partial charge in [-0.15, -0.1) is 0 Å². The Labute approximate surface area is 79.7 Å². The van der Waals surface area contributed by atoms with E-state index in [4.69, 9.17) is 10.8 Å². The Morgan fingerprint density at radius 3 is 2.46 bits per heavy atom. The maximum atomic E-state index is 11.6. The molecule has 2 unspecified atom stereocenters. The van der Waals surface area contributed by atoms with Crippen molar-refractivity contribution in [1.82, 2.24) is 4.90 Å². The van der Waals surface area contributed by atoms with Crippen LogP contribution in [0.3, 0.4) is 0 Å². The molecule has 78 valence electrons. The number of carbonyl (C=O) groups is 1. The Morgan fingerprint density at radius 2 is 2.15 bits per heavy atom. The van der Waals surface area contributed by atoms with Crippen LogP contribution in [0, 0.1) is 5.92 Å². The topological polar surface area (TPSA) is 66.6 Å². The van der Waals surface area contributed by atoms with Crippen molar-refractivity contribution in [2.75, 3.05) is 20.2 Å². The van der Waals surface area contributed by atoms with Crippen molar-refractivity contribution in [3.05, 3.63) is 0 Å². The van der Waals surface area contributed by atoms with Gasteiger partial charge < -0.3 is 15.7 Å². The maximum absolute atomic E-state index is 11.6. The van der Waals surface area contributed by atoms with Gasteiger partial charge in [0.05, 0.1) is 18.6 Å². The normalized spacial score (nSPS) is 15.2. The van der Waals surface area contributed by atoms with Crippen LogP contribution in [0.5, 0.6) is 0 Å². The van der Waals surface area contributed by atoms with Crippen molar-refractivity contribution in [2.45, 2.75) is 26.3 Å². The van der Waals surface area contributed by atoms with Crippen LogP contribution < -0.4 is 5.73 Å². The molecule has 0 aromatic rings. The van der Waals surface area contributed by atoms with Gasteiger partial charge in [-0.05, 0) is 13.3 Å². The van der Waals surface area contributed by atoms with Crippen LogP contribution in [0.15, 0.2) is 0 Å². The van der Waals surface area contributed by atoms with E-state index in [0.717, 1.165) is 6.42 Å². The molecule has 3 N–H and O–H groups in total. The molecule has 0 aromatic heterocycles. The molecule has 0 fully saturated rings. The first kappa shape index (κ1) is 12.4. The molecular weight excluding hydrogens is 168 g/mol. The van der Waals surface area contributed by atoms with Crippen molar-refractivity contribution in [1.29, 1.82) is 0 Å². The van der Waals surface area contributed by atoms with Crippen molar-refractivity contribution < 1.29 is 9.90 Å². The molecule has 0 aliphatic heterocycles. The average Bonchev–Trinajstić information content (AvgIpc) is 2.17. The van der Waals surface area contributed by atoms with Crippen molar-refractivity contribution >= 4 is 5.91 Å². The van der Waals surface area contributed by atoms with Gasteiger partial charge in [0.2, 0.25) is 5.91 Å². The van der Waals surface area contributed by atoms with Gasteiger partial charge in [0, 0.05) is 13.6 Å². The molecule has 0 aliphatic rings. The zero-order valence-corrected chi connectivity index (χ0v) is 8.66. The molecule has 13 heavy (non-hydrogen) atoms. The zero-order valence-electron chi connectivity index (χ0n) is 8.66. The first-order chi connectivity index (χ1) is 6.08. The minimum atomic E-state index is -0.131. The molecule has 0 saturated carbocycles. The van der Waals surface area contributed by atoms with E-state index in [-0.39, 0.29) is 24.5 Å². The Kier molecular flexibility index (Phi) is 5.66. The highest BCUT2D eigenvalue weighted by Crippen LogP contribution is 2.07. The van der Waals surface area contributed by atoms with Crippen molar-refractivity contribution in [3.8, 4) is 0 Å². The summed E-state index contributed by atoms with van der Waals surface area (Å²) in [6.45, 7) is 4.11. The Hall–Kier alpha value is -0.610. The number of carbonyl (C=O) groups excluding carboxylic acids is 1. The van der Waals surface area contributed by atoms with Gasteiger partial charge >= 0.3 is 0 Å². The Balaban J connectivity index is 4.22. The number of hydrogen-bond donors (Lipinski definition) is 2. The van der Waals surface area contributed by atoms with Crippen LogP contribution >= 0.6 is 0 Å². The second kappa shape index (κ2) is 5.94. The van der Waals surface area contributed by atoms with Crippen LogP contribution in [-0.2, 0) is 4.79 Å². The van der Waals surface area contributed by atoms with Crippen LogP contribution in [0.2, 0.25) is 0 Å². The second-order valence-corrected chi connectivity index (χ2v) is 3.32. The molecule has 0 rings (SSSR count). The monoisotopic (exact) mass is 188 g/mol. The van der Waals surface area contributed by atoms with Gasteiger partial charge in [0.1, 0.15) is 0 Å². The smallest absolute Gasteiger partial charge is 0.227 e. The predicted octanol–water partition coefficient (Wildman–Crippen LogP) is -0.189. The van der Waals surface area contributed by atoms with E-state index >= 15 is 0 Å². The number of nitrogens with zero attached hydrogens (tertiary/aromatic N) is 1. The third-order valence-corrected chi connectivity index (χ3v) is 2.40. The fraction of sp³-hybridized carbons (Fsp3) is 0.889. The van der Waals surface area contributed by atoms with E-state index in [1.54, 1.807) is 18.9 Å². The SMILES string of the molecule is CCC(CN)C(=O)N(C)C(C)CO. The fourth-order valence-electron chi connectivity index (χ4n) is 1.07. The lowest BCUT2D eigenvalue weighted by molar-refractivity contribution is -0.136. The summed E-state index contributed by atoms with van der Waals surface area (Å²) in [6, 6.07) is -0.131. The molecule has 1 amide bonds. The Morgan fingerprint density at radius 1 is 1.62 bits per heavy atom. The number of nitrogens with two attached hydrogens (primary N) is 1. The van der Waals surface area contributed by atoms with Gasteiger partial charge in [-0.25, -0.2) is 0 Å². The van der Waals surface area contributed by atoms with Crippen molar-refractivity contribution in [3.63, 3.8) is 0 Å². The Bertz CT molecular complexity index is 158. The number of aliphatic hydroxyl groups excluding tert-OH is 1. The third-order valence-electron chi connectivity index (χ3n) is 2.40. The molecular formula is C9H20N2O2. The highest BCUT2D eigenvalue weighted by atomic mass is 16.3. The number of rotatable bonds is 5. The molecule has 0 heterocycles. The number of hydrogen-bond acceptors (Lipinski definition) is 3. The lowest BCUT2D eigenvalue weighted by Crippen LogP contribution is -2.42. The molecule has 4 nitrogen and oxygen atoms in total. The highest BCUT2D eigenvalue weighted by molar-refractivity contribution is 5.79. The van der Waals surface area contributed by atoms with Crippen molar-refractivity contribution in [2.24, 2.45) is 11.7 Å². The molecule has 0 bridgehead atoms. The van der Waals surface area contributed by atoms with Gasteiger partial charge in [-0.1, -0.05) is 6.92 Å². The summed E-state index contributed by atoms with van der Waals surface area (Å²) in [5, 5.41) is 8.86. The summed E-state index contributed by atoms with van der Waals surface area (Å²) in [4.78, 5) is 13.2. The largest absolute Gasteiger partial charge is 0.394 e. The lowest BCUT2D eigenvalue weighted by Gasteiger charge is -2.26. The third kappa shape index (κ3) is 3.32. The van der Waals surface area contributed by atoms with E-state index in [1.165, 1.54) is 0 Å². The fourth-order valence-corrected chi connectivity index (χ4v) is 1.07. The minimum absolute atomic E-state index is 0.0107. The van der Waals surface area contributed by atoms with Gasteiger partial charge in [-0.3, -0.25) is 4.79 Å². The summed E-state index contributed by atoms with van der Waals surface area (Å²) < 4.78 is 0. The first-order valence-corrected chi connectivity index (χ1v) is 4.66. The molecule has 0 aromatic carbocycles. The summed E-state index contributed by atoms with van der Waals surface area (Å²) in [5.41, 5.74) is 5.45. The summed E-state index contributed by atoms with van der Waals surface area (Å²) in [6.07, 6.45) is 0.748. The molecule has 4 heteroatoms. The van der Waals surface area contributed by atoms with Gasteiger partial charge in [-0.2, -0.15) is 0 Å². The number of aliphatic hydroxyl groups is 1. The van der Waals surface area contributed by atoms with Crippen LogP contribution in [-0.4, -0.2) is 42.2 Å². The van der Waals surface area contributed by atoms with E-state index in [1.807, 2.05) is 6.92 Å². The molecule has 2 atom stereocenters. The highest BCUT2D eigenvalue weighted by Gasteiger charge is 2.21. The summed E-state index contributed by atoms with van der Waals surface area (Å²) in [5.74, 6) is -0.0921. The van der Waals surface area contributed by atoms with E-state index in [2.05, 4.69) is 0 Å². The quantitative estimate of drug-likeness (QED) is 0.628. The molecule has 0 radical (unpaired) electrons. The van der Waals surface area contributed by atoms with Crippen LogP contribution in [0.1, 0.15) is 20.3 Å². The maximum Gasteiger partial charge on any atom is 0.227 e. The van der Waals surface area contributed by atoms with Gasteiger partial charge in [0.25, 0.3) is 0 Å². The number of amides is 1.